The van der Waals surface area contributed by atoms with Gasteiger partial charge >= 0.3 is 0 Å². The summed E-state index contributed by atoms with van der Waals surface area (Å²) in [6.07, 6.45) is 8.29. The second-order valence-electron chi connectivity index (χ2n) is 7.05. The first-order valence-electron chi connectivity index (χ1n) is 9.47. The van der Waals surface area contributed by atoms with Crippen molar-refractivity contribution in [2.45, 2.75) is 25.3 Å². The molecule has 4 rings (SSSR count). The highest BCUT2D eigenvalue weighted by atomic mass is 16.7. The molecule has 29 heavy (non-hydrogen) atoms. The molecule has 2 fully saturated rings. The predicted octanol–water partition coefficient (Wildman–Crippen LogP) is 1.74. The maximum Gasteiger partial charge on any atom is 0.249 e. The van der Waals surface area contributed by atoms with Crippen molar-refractivity contribution in [2.24, 2.45) is 5.92 Å². The highest BCUT2D eigenvalue weighted by Crippen LogP contribution is 2.33. The lowest BCUT2D eigenvalue weighted by Gasteiger charge is -2.34. The van der Waals surface area contributed by atoms with Crippen LogP contribution in [0.3, 0.4) is 0 Å². The average molecular weight is 389 g/mol. The summed E-state index contributed by atoms with van der Waals surface area (Å²) in [4.78, 5) is 33.3. The van der Waals surface area contributed by atoms with E-state index in [-0.39, 0.29) is 23.6 Å². The van der Waals surface area contributed by atoms with Crippen LogP contribution in [-0.2, 0) is 9.63 Å². The van der Waals surface area contributed by atoms with E-state index in [9.17, 15) is 4.79 Å². The standard InChI is InChI=1S/C20H19N7O2/c21-8-14-7-16(11-23-10-14)18-3-6-29-27(18)20(28)15-1-4-26(5-2-15)19-13-24-17(9-22)12-25-19/h7,10-13,15,18H,1-6H2/t18-/m0/s1. The molecule has 146 valence electrons. The summed E-state index contributed by atoms with van der Waals surface area (Å²) in [6.45, 7) is 1.83. The molecule has 2 aromatic rings. The fraction of sp³-hybridized carbons (Fsp3) is 0.400. The molecule has 0 N–H and O–H groups in total. The van der Waals surface area contributed by atoms with Gasteiger partial charge < -0.3 is 4.90 Å². The number of carbonyl (C=O) groups is 1. The van der Waals surface area contributed by atoms with Crippen LogP contribution in [0.5, 0.6) is 0 Å². The third-order valence-electron chi connectivity index (χ3n) is 5.32. The van der Waals surface area contributed by atoms with Crippen LogP contribution in [0.2, 0.25) is 0 Å². The van der Waals surface area contributed by atoms with Crippen LogP contribution in [0.1, 0.15) is 42.1 Å². The minimum atomic E-state index is -0.217. The van der Waals surface area contributed by atoms with Crippen LogP contribution >= 0.6 is 0 Å². The average Bonchev–Trinajstić information content (AvgIpc) is 3.29. The minimum Gasteiger partial charge on any atom is -0.355 e. The molecular weight excluding hydrogens is 370 g/mol. The summed E-state index contributed by atoms with van der Waals surface area (Å²) in [5.41, 5.74) is 1.57. The van der Waals surface area contributed by atoms with Gasteiger partial charge in [-0.1, -0.05) is 0 Å². The molecule has 2 saturated heterocycles. The van der Waals surface area contributed by atoms with Crippen LogP contribution in [0.25, 0.3) is 0 Å². The first-order valence-corrected chi connectivity index (χ1v) is 9.47. The number of hydrogen-bond acceptors (Lipinski definition) is 8. The minimum absolute atomic E-state index is 0.0274. The first-order chi connectivity index (χ1) is 14.2. The van der Waals surface area contributed by atoms with Crippen molar-refractivity contribution in [1.82, 2.24) is 20.0 Å². The molecule has 0 unspecified atom stereocenters. The number of nitriles is 2. The number of hydrogen-bond donors (Lipinski definition) is 0. The van der Waals surface area contributed by atoms with Gasteiger partial charge in [0.2, 0.25) is 5.91 Å². The van der Waals surface area contributed by atoms with Crippen molar-refractivity contribution >= 4 is 11.7 Å². The van der Waals surface area contributed by atoms with Crippen LogP contribution in [0, 0.1) is 28.6 Å². The Bertz CT molecular complexity index is 972. The number of aromatic nitrogens is 3. The van der Waals surface area contributed by atoms with E-state index in [0.29, 0.717) is 50.3 Å². The number of rotatable bonds is 3. The number of carbonyl (C=O) groups excluding carboxylic acids is 1. The Kier molecular flexibility index (Phi) is 5.32. The van der Waals surface area contributed by atoms with Crippen molar-refractivity contribution in [2.75, 3.05) is 24.6 Å². The van der Waals surface area contributed by atoms with Crippen LogP contribution in [0.4, 0.5) is 5.82 Å². The second-order valence-corrected chi connectivity index (χ2v) is 7.05. The number of amides is 1. The van der Waals surface area contributed by atoms with E-state index in [0.717, 1.165) is 5.56 Å². The number of piperidine rings is 1. The largest absolute Gasteiger partial charge is 0.355 e. The molecule has 0 bridgehead atoms. The predicted molar refractivity (Wildman–Crippen MR) is 101 cm³/mol. The molecule has 1 atom stereocenters. The lowest BCUT2D eigenvalue weighted by atomic mass is 9.94. The second kappa shape index (κ2) is 8.21. The van der Waals surface area contributed by atoms with Crippen molar-refractivity contribution in [3.05, 3.63) is 47.7 Å². The molecule has 4 heterocycles. The zero-order valence-corrected chi connectivity index (χ0v) is 15.7. The van der Waals surface area contributed by atoms with E-state index in [1.807, 2.05) is 6.07 Å². The third-order valence-corrected chi connectivity index (χ3v) is 5.32. The van der Waals surface area contributed by atoms with Gasteiger partial charge in [0, 0.05) is 37.8 Å². The molecule has 2 aliphatic heterocycles. The molecule has 2 aliphatic rings. The first kappa shape index (κ1) is 18.8. The fourth-order valence-corrected chi connectivity index (χ4v) is 3.77. The van der Waals surface area contributed by atoms with Crippen LogP contribution in [-0.4, -0.2) is 45.6 Å². The zero-order chi connectivity index (χ0) is 20.2. The van der Waals surface area contributed by atoms with Gasteiger partial charge in [-0.25, -0.2) is 15.0 Å². The Balaban J connectivity index is 1.41. The summed E-state index contributed by atoms with van der Waals surface area (Å²) in [6, 6.07) is 5.59. The Morgan fingerprint density at radius 1 is 1.07 bits per heavy atom. The SMILES string of the molecule is N#Cc1cncc([C@@H]2CCON2C(=O)C2CCN(c3cnc(C#N)cn3)CC2)c1. The van der Waals surface area contributed by atoms with E-state index in [4.69, 9.17) is 15.4 Å². The van der Waals surface area contributed by atoms with E-state index in [1.54, 1.807) is 18.5 Å². The van der Waals surface area contributed by atoms with Crippen molar-refractivity contribution in [1.29, 1.82) is 10.5 Å². The van der Waals surface area contributed by atoms with E-state index >= 15 is 0 Å². The van der Waals surface area contributed by atoms with Crippen molar-refractivity contribution < 1.29 is 9.63 Å². The Labute approximate surface area is 168 Å². The third kappa shape index (κ3) is 3.86. The van der Waals surface area contributed by atoms with Crippen molar-refractivity contribution in [3.63, 3.8) is 0 Å². The van der Waals surface area contributed by atoms with Gasteiger partial charge in [-0.3, -0.25) is 14.6 Å². The zero-order valence-electron chi connectivity index (χ0n) is 15.7. The van der Waals surface area contributed by atoms with Crippen molar-refractivity contribution in [3.8, 4) is 12.1 Å². The van der Waals surface area contributed by atoms with Gasteiger partial charge in [-0.05, 0) is 24.5 Å². The molecule has 0 aromatic carbocycles. The lowest BCUT2D eigenvalue weighted by Crippen LogP contribution is -2.42. The Morgan fingerprint density at radius 3 is 2.59 bits per heavy atom. The highest BCUT2D eigenvalue weighted by molar-refractivity contribution is 5.79. The smallest absolute Gasteiger partial charge is 0.249 e. The van der Waals surface area contributed by atoms with E-state index in [2.05, 4.69) is 25.9 Å². The van der Waals surface area contributed by atoms with Gasteiger partial charge in [0.15, 0.2) is 5.69 Å². The molecule has 2 aromatic heterocycles. The summed E-state index contributed by atoms with van der Waals surface area (Å²) in [5.74, 6) is 0.551. The molecule has 0 saturated carbocycles. The summed E-state index contributed by atoms with van der Waals surface area (Å²) in [7, 11) is 0. The van der Waals surface area contributed by atoms with E-state index in [1.165, 1.54) is 17.5 Å². The van der Waals surface area contributed by atoms with Crippen LogP contribution in [0.15, 0.2) is 30.9 Å². The van der Waals surface area contributed by atoms with Crippen LogP contribution < -0.4 is 4.90 Å². The molecule has 9 heteroatoms. The molecule has 1 amide bonds. The number of nitrogens with zero attached hydrogens (tertiary/aromatic N) is 7. The van der Waals surface area contributed by atoms with Gasteiger partial charge in [-0.15, -0.1) is 0 Å². The summed E-state index contributed by atoms with van der Waals surface area (Å²) >= 11 is 0. The maximum atomic E-state index is 13.1. The van der Waals surface area contributed by atoms with Gasteiger partial charge in [0.1, 0.15) is 18.0 Å². The quantitative estimate of drug-likeness (QED) is 0.779. The Morgan fingerprint density at radius 2 is 1.90 bits per heavy atom. The topological polar surface area (TPSA) is 119 Å². The number of anilines is 1. The fourth-order valence-electron chi connectivity index (χ4n) is 3.77. The van der Waals surface area contributed by atoms with Gasteiger partial charge in [0.25, 0.3) is 0 Å². The molecule has 0 spiro atoms. The lowest BCUT2D eigenvalue weighted by molar-refractivity contribution is -0.182. The summed E-state index contributed by atoms with van der Waals surface area (Å²) in [5, 5.41) is 19.4. The van der Waals surface area contributed by atoms with Gasteiger partial charge in [-0.2, -0.15) is 10.5 Å². The normalized spacial score (nSPS) is 19.6. The highest BCUT2D eigenvalue weighted by Gasteiger charge is 2.37. The molecule has 0 aliphatic carbocycles. The summed E-state index contributed by atoms with van der Waals surface area (Å²) < 4.78 is 0. The monoisotopic (exact) mass is 389 g/mol. The molecule has 0 radical (unpaired) electrons. The maximum absolute atomic E-state index is 13.1. The number of pyridine rings is 1. The Hall–Kier alpha value is -3.56. The molecule has 9 nitrogen and oxygen atoms in total. The van der Waals surface area contributed by atoms with E-state index < -0.39 is 0 Å². The van der Waals surface area contributed by atoms with Gasteiger partial charge in [0.05, 0.1) is 30.6 Å². The molecular formula is C20H19N7O2. The number of hydroxylamine groups is 2.